The Balaban J connectivity index is 4.46. The van der Waals surface area contributed by atoms with Crippen LogP contribution in [-0.2, 0) is 28.6 Å². The summed E-state index contributed by atoms with van der Waals surface area (Å²) in [4.78, 5) is 37.9. The van der Waals surface area contributed by atoms with E-state index in [9.17, 15) is 14.4 Å². The minimum absolute atomic E-state index is 0.0982. The van der Waals surface area contributed by atoms with Gasteiger partial charge in [-0.1, -0.05) is 183 Å². The molecule has 6 heteroatoms. The quantitative estimate of drug-likeness (QED) is 0.0263. The predicted molar refractivity (Wildman–Crippen MR) is 261 cm³/mol. The van der Waals surface area contributed by atoms with Crippen LogP contribution in [0.3, 0.4) is 0 Å². The van der Waals surface area contributed by atoms with Crippen LogP contribution in [0.4, 0.5) is 0 Å². The molecule has 0 aliphatic rings. The minimum Gasteiger partial charge on any atom is -0.462 e. The molecule has 0 aromatic carbocycles. The van der Waals surface area contributed by atoms with Gasteiger partial charge in [-0.3, -0.25) is 14.4 Å². The van der Waals surface area contributed by atoms with E-state index < -0.39 is 6.10 Å². The Labute approximate surface area is 375 Å². The molecule has 0 spiro atoms. The average molecular weight is 849 g/mol. The molecule has 0 aromatic rings. The van der Waals surface area contributed by atoms with Gasteiger partial charge >= 0.3 is 17.9 Å². The van der Waals surface area contributed by atoms with E-state index in [0.717, 1.165) is 109 Å². The zero-order valence-electron chi connectivity index (χ0n) is 39.7. The first-order chi connectivity index (χ1) is 30.0. The fourth-order valence-corrected chi connectivity index (χ4v) is 6.56. The number of allylic oxidation sites excluding steroid dienone is 14. The van der Waals surface area contributed by atoms with Gasteiger partial charge in [0.25, 0.3) is 0 Å². The molecule has 61 heavy (non-hydrogen) atoms. The van der Waals surface area contributed by atoms with E-state index in [1.165, 1.54) is 77.0 Å². The summed E-state index contributed by atoms with van der Waals surface area (Å²) in [5, 5.41) is 0. The van der Waals surface area contributed by atoms with Crippen molar-refractivity contribution in [3.63, 3.8) is 0 Å². The van der Waals surface area contributed by atoms with Crippen LogP contribution >= 0.6 is 0 Å². The van der Waals surface area contributed by atoms with Gasteiger partial charge in [0, 0.05) is 19.3 Å². The molecule has 0 fully saturated rings. The van der Waals surface area contributed by atoms with Gasteiger partial charge in [-0.05, 0) is 109 Å². The zero-order chi connectivity index (χ0) is 44.4. The van der Waals surface area contributed by atoms with E-state index in [2.05, 4.69) is 106 Å². The summed E-state index contributed by atoms with van der Waals surface area (Å²) in [7, 11) is 0. The molecule has 0 N–H and O–H groups in total. The highest BCUT2D eigenvalue weighted by Gasteiger charge is 2.19. The Kier molecular flexibility index (Phi) is 46.5. The van der Waals surface area contributed by atoms with Crippen molar-refractivity contribution in [1.82, 2.24) is 0 Å². The largest absolute Gasteiger partial charge is 0.462 e. The van der Waals surface area contributed by atoms with Gasteiger partial charge in [-0.25, -0.2) is 0 Å². The summed E-state index contributed by atoms with van der Waals surface area (Å²) >= 11 is 0. The Morgan fingerprint density at radius 3 is 1.10 bits per heavy atom. The van der Waals surface area contributed by atoms with Crippen LogP contribution in [0.2, 0.25) is 0 Å². The molecule has 0 radical (unpaired) electrons. The summed E-state index contributed by atoms with van der Waals surface area (Å²) in [6.45, 7) is 6.40. The smallest absolute Gasteiger partial charge is 0.306 e. The number of ether oxygens (including phenoxy) is 3. The summed E-state index contributed by atoms with van der Waals surface area (Å²) in [5.41, 5.74) is 0. The standard InChI is InChI=1S/C55H92O6/c1-4-7-10-13-16-19-22-24-26-27-29-31-34-37-40-43-46-49-55(58)61-52(50-59-53(56)47-44-41-38-35-32-21-18-15-12-9-6-3)51-60-54(57)48-45-42-39-36-33-30-28-25-23-20-17-14-11-8-5-2/h8,11,15-20,24-26,28,33,36,52H,4-7,9-10,12-14,21-23,27,29-32,34-35,37-51H2,1-3H3/b11-8-,18-15-,19-16-,20-17-,26-24-,28-25-,36-33-/t52-/m0/s1. The Hall–Kier alpha value is -3.41. The monoisotopic (exact) mass is 849 g/mol. The molecule has 0 saturated heterocycles. The Bertz CT molecular complexity index is 1200. The first-order valence-electron chi connectivity index (χ1n) is 25.1. The van der Waals surface area contributed by atoms with Gasteiger partial charge in [0.05, 0.1) is 0 Å². The van der Waals surface area contributed by atoms with E-state index in [0.29, 0.717) is 19.3 Å². The van der Waals surface area contributed by atoms with Crippen LogP contribution in [0, 0.1) is 0 Å². The van der Waals surface area contributed by atoms with Crippen molar-refractivity contribution < 1.29 is 28.6 Å². The summed E-state index contributed by atoms with van der Waals surface area (Å²) < 4.78 is 16.7. The molecular formula is C55H92O6. The zero-order valence-corrected chi connectivity index (χ0v) is 39.7. The third-order valence-corrected chi connectivity index (χ3v) is 10.4. The summed E-state index contributed by atoms with van der Waals surface area (Å²) in [6.07, 6.45) is 62.8. The molecular weight excluding hydrogens is 757 g/mol. The lowest BCUT2D eigenvalue weighted by Gasteiger charge is -2.18. The summed E-state index contributed by atoms with van der Waals surface area (Å²) in [5.74, 6) is -0.962. The van der Waals surface area contributed by atoms with Crippen molar-refractivity contribution in [1.29, 1.82) is 0 Å². The van der Waals surface area contributed by atoms with E-state index in [1.807, 2.05) is 0 Å². The molecule has 0 rings (SSSR count). The number of carbonyl (C=O) groups is 3. The number of carbonyl (C=O) groups excluding carboxylic acids is 3. The number of esters is 3. The number of hydrogen-bond donors (Lipinski definition) is 0. The molecule has 0 aliphatic carbocycles. The first-order valence-corrected chi connectivity index (χ1v) is 25.1. The fourth-order valence-electron chi connectivity index (χ4n) is 6.56. The first kappa shape index (κ1) is 57.6. The number of rotatable bonds is 44. The number of hydrogen-bond acceptors (Lipinski definition) is 6. The highest BCUT2D eigenvalue weighted by atomic mass is 16.6. The molecule has 0 aromatic heterocycles. The minimum atomic E-state index is -0.800. The molecule has 0 unspecified atom stereocenters. The number of unbranched alkanes of at least 4 members (excludes halogenated alkanes) is 19. The Morgan fingerprint density at radius 1 is 0.344 bits per heavy atom. The van der Waals surface area contributed by atoms with Crippen LogP contribution in [0.1, 0.15) is 226 Å². The van der Waals surface area contributed by atoms with Gasteiger partial charge in [-0.2, -0.15) is 0 Å². The maximum absolute atomic E-state index is 12.8. The predicted octanol–water partition coefficient (Wildman–Crippen LogP) is 16.4. The van der Waals surface area contributed by atoms with E-state index in [4.69, 9.17) is 14.2 Å². The van der Waals surface area contributed by atoms with Gasteiger partial charge in [0.2, 0.25) is 0 Å². The maximum atomic E-state index is 12.8. The molecule has 0 amide bonds. The second kappa shape index (κ2) is 49.2. The second-order valence-electron chi connectivity index (χ2n) is 16.3. The van der Waals surface area contributed by atoms with Crippen LogP contribution in [0.5, 0.6) is 0 Å². The average Bonchev–Trinajstić information content (AvgIpc) is 3.26. The van der Waals surface area contributed by atoms with Crippen LogP contribution < -0.4 is 0 Å². The summed E-state index contributed by atoms with van der Waals surface area (Å²) in [6, 6.07) is 0. The van der Waals surface area contributed by atoms with Crippen molar-refractivity contribution in [2.75, 3.05) is 13.2 Å². The highest BCUT2D eigenvalue weighted by Crippen LogP contribution is 2.13. The molecule has 348 valence electrons. The van der Waals surface area contributed by atoms with Crippen LogP contribution in [-0.4, -0.2) is 37.2 Å². The van der Waals surface area contributed by atoms with E-state index in [1.54, 1.807) is 0 Å². The molecule has 6 nitrogen and oxygen atoms in total. The van der Waals surface area contributed by atoms with Crippen molar-refractivity contribution in [3.05, 3.63) is 85.1 Å². The highest BCUT2D eigenvalue weighted by molar-refractivity contribution is 5.71. The van der Waals surface area contributed by atoms with Crippen LogP contribution in [0.25, 0.3) is 0 Å². The molecule has 0 bridgehead atoms. The normalized spacial score (nSPS) is 12.8. The topological polar surface area (TPSA) is 78.9 Å². The maximum Gasteiger partial charge on any atom is 0.306 e. The third-order valence-electron chi connectivity index (χ3n) is 10.4. The molecule has 1 atom stereocenters. The van der Waals surface area contributed by atoms with Crippen molar-refractivity contribution in [3.8, 4) is 0 Å². The van der Waals surface area contributed by atoms with Crippen molar-refractivity contribution in [2.24, 2.45) is 0 Å². The van der Waals surface area contributed by atoms with Gasteiger partial charge in [0.15, 0.2) is 6.10 Å². The molecule has 0 heterocycles. The van der Waals surface area contributed by atoms with E-state index in [-0.39, 0.29) is 31.1 Å². The molecule has 0 saturated carbocycles. The van der Waals surface area contributed by atoms with Gasteiger partial charge in [-0.15, -0.1) is 0 Å². The SMILES string of the molecule is CC/C=C\C/C=C\C/C=C\C/C=C\CCCCC(=O)OC[C@H](COC(=O)CCCCCCC/C=C\CCCC)OC(=O)CCCCCCCCC/C=C\C/C=C\CCCCC. The second-order valence-corrected chi connectivity index (χ2v) is 16.3. The fraction of sp³-hybridized carbons (Fsp3) is 0.691. The Morgan fingerprint density at radius 2 is 0.656 bits per heavy atom. The van der Waals surface area contributed by atoms with Gasteiger partial charge < -0.3 is 14.2 Å². The lowest BCUT2D eigenvalue weighted by atomic mass is 10.1. The van der Waals surface area contributed by atoms with Crippen molar-refractivity contribution >= 4 is 17.9 Å². The molecule has 0 aliphatic heterocycles. The van der Waals surface area contributed by atoms with Gasteiger partial charge in [0.1, 0.15) is 13.2 Å². The third kappa shape index (κ3) is 47.5. The lowest BCUT2D eigenvalue weighted by molar-refractivity contribution is -0.167. The lowest BCUT2D eigenvalue weighted by Crippen LogP contribution is -2.30. The van der Waals surface area contributed by atoms with E-state index >= 15 is 0 Å². The van der Waals surface area contributed by atoms with Crippen molar-refractivity contribution in [2.45, 2.75) is 232 Å². The van der Waals surface area contributed by atoms with Crippen LogP contribution in [0.15, 0.2) is 85.1 Å².